The number of anilines is 1. The van der Waals surface area contributed by atoms with Crippen molar-refractivity contribution in [2.24, 2.45) is 0 Å². The Morgan fingerprint density at radius 1 is 1.22 bits per heavy atom. The highest BCUT2D eigenvalue weighted by Crippen LogP contribution is 2.29. The summed E-state index contributed by atoms with van der Waals surface area (Å²) in [4.78, 5) is 16.5. The lowest BCUT2D eigenvalue weighted by molar-refractivity contribution is 0.0699. The molecule has 5 nitrogen and oxygen atoms in total. The molecule has 0 aliphatic carbocycles. The smallest absolute Gasteiger partial charge is 0.337 e. The molecule has 0 spiro atoms. The lowest BCUT2D eigenvalue weighted by Crippen LogP contribution is -2.43. The summed E-state index contributed by atoms with van der Waals surface area (Å²) in [7, 11) is 0. The van der Waals surface area contributed by atoms with Crippen LogP contribution >= 0.6 is 0 Å². The van der Waals surface area contributed by atoms with Crippen LogP contribution in [0.4, 0.5) is 5.69 Å². The van der Waals surface area contributed by atoms with E-state index in [1.165, 1.54) is 0 Å². The van der Waals surface area contributed by atoms with Crippen molar-refractivity contribution in [2.75, 3.05) is 31.1 Å². The van der Waals surface area contributed by atoms with Crippen LogP contribution in [0.15, 0.2) is 24.4 Å². The Morgan fingerprint density at radius 2 is 2.00 bits per heavy atom. The number of H-pyrrole nitrogens is 1. The lowest BCUT2D eigenvalue weighted by Gasteiger charge is -2.30. The van der Waals surface area contributed by atoms with E-state index in [0.29, 0.717) is 11.1 Å². The number of aromatic amines is 1. The minimum absolute atomic E-state index is 0.328. The van der Waals surface area contributed by atoms with E-state index in [0.717, 1.165) is 37.3 Å². The van der Waals surface area contributed by atoms with Gasteiger partial charge in [-0.25, -0.2) is 4.79 Å². The molecule has 5 heteroatoms. The van der Waals surface area contributed by atoms with Gasteiger partial charge in [0.25, 0.3) is 0 Å². The van der Waals surface area contributed by atoms with Crippen molar-refractivity contribution in [1.29, 1.82) is 0 Å². The predicted molar refractivity (Wildman–Crippen MR) is 70.3 cm³/mol. The highest BCUT2D eigenvalue weighted by atomic mass is 16.4. The van der Waals surface area contributed by atoms with Gasteiger partial charge in [-0.1, -0.05) is 0 Å². The first-order valence-electron chi connectivity index (χ1n) is 6.06. The fourth-order valence-electron chi connectivity index (χ4n) is 2.50. The summed E-state index contributed by atoms with van der Waals surface area (Å²) in [5, 5.41) is 13.5. The van der Waals surface area contributed by atoms with Crippen molar-refractivity contribution in [2.45, 2.75) is 0 Å². The topological polar surface area (TPSA) is 68.4 Å². The monoisotopic (exact) mass is 245 g/mol. The molecule has 0 saturated carbocycles. The van der Waals surface area contributed by atoms with E-state index in [9.17, 15) is 4.79 Å². The van der Waals surface area contributed by atoms with Crippen LogP contribution in [0.5, 0.6) is 0 Å². The van der Waals surface area contributed by atoms with E-state index in [4.69, 9.17) is 5.11 Å². The first-order valence-corrected chi connectivity index (χ1v) is 6.06. The molecular formula is C13H15N3O2. The molecule has 18 heavy (non-hydrogen) atoms. The van der Waals surface area contributed by atoms with E-state index < -0.39 is 5.97 Å². The quantitative estimate of drug-likeness (QED) is 0.745. The molecular weight excluding hydrogens is 230 g/mol. The molecule has 94 valence electrons. The van der Waals surface area contributed by atoms with Crippen LogP contribution in [0.2, 0.25) is 0 Å². The van der Waals surface area contributed by atoms with E-state index in [1.807, 2.05) is 12.1 Å². The van der Waals surface area contributed by atoms with Gasteiger partial charge in [-0.3, -0.25) is 0 Å². The molecule has 1 aliphatic rings. The van der Waals surface area contributed by atoms with Gasteiger partial charge in [0.15, 0.2) is 0 Å². The number of carboxylic acids is 1. The maximum absolute atomic E-state index is 11.2. The van der Waals surface area contributed by atoms with Gasteiger partial charge >= 0.3 is 5.97 Å². The first kappa shape index (κ1) is 11.1. The molecule has 1 fully saturated rings. The summed E-state index contributed by atoms with van der Waals surface area (Å²) in [6.07, 6.45) is 1.79. The van der Waals surface area contributed by atoms with E-state index >= 15 is 0 Å². The minimum atomic E-state index is -0.894. The lowest BCUT2D eigenvalue weighted by atomic mass is 10.1. The molecule has 1 aliphatic heterocycles. The molecule has 3 rings (SSSR count). The average molecular weight is 245 g/mol. The van der Waals surface area contributed by atoms with Gasteiger partial charge in [0.1, 0.15) is 0 Å². The second-order valence-corrected chi connectivity index (χ2v) is 4.44. The summed E-state index contributed by atoms with van der Waals surface area (Å²) in [5.74, 6) is -0.894. The zero-order valence-electron chi connectivity index (χ0n) is 9.94. The summed E-state index contributed by atoms with van der Waals surface area (Å²) in [6, 6.07) is 5.53. The Kier molecular flexibility index (Phi) is 2.68. The predicted octanol–water partition coefficient (Wildman–Crippen LogP) is 1.28. The van der Waals surface area contributed by atoms with Crippen LogP contribution in [-0.2, 0) is 0 Å². The first-order chi connectivity index (χ1) is 8.77. The standard InChI is InChI=1S/C13H15N3O2/c17-13(18)10-1-2-11(9-3-4-15-12(9)10)16-7-5-14-6-8-16/h1-4,14-15H,5-8H2,(H,17,18). The molecule has 1 saturated heterocycles. The Bertz CT molecular complexity index is 585. The number of fused-ring (bicyclic) bond motifs is 1. The average Bonchev–Trinajstić information content (AvgIpc) is 2.87. The van der Waals surface area contributed by atoms with Gasteiger partial charge in [0.2, 0.25) is 0 Å². The molecule has 1 aromatic carbocycles. The number of nitrogens with zero attached hydrogens (tertiary/aromatic N) is 1. The fourth-order valence-corrected chi connectivity index (χ4v) is 2.50. The number of rotatable bonds is 2. The zero-order valence-corrected chi connectivity index (χ0v) is 9.94. The van der Waals surface area contributed by atoms with Crippen molar-refractivity contribution >= 4 is 22.6 Å². The summed E-state index contributed by atoms with van der Waals surface area (Å²) in [6.45, 7) is 3.83. The van der Waals surface area contributed by atoms with Crippen molar-refractivity contribution in [3.63, 3.8) is 0 Å². The molecule has 0 amide bonds. The molecule has 0 unspecified atom stereocenters. The number of aromatic carboxylic acids is 1. The van der Waals surface area contributed by atoms with Gasteiger partial charge in [-0.15, -0.1) is 0 Å². The number of piperazine rings is 1. The Hall–Kier alpha value is -2.01. The third-order valence-corrected chi connectivity index (χ3v) is 3.39. The summed E-state index contributed by atoms with van der Waals surface area (Å²) >= 11 is 0. The van der Waals surface area contributed by atoms with Crippen LogP contribution in [0, 0.1) is 0 Å². The maximum atomic E-state index is 11.2. The summed E-state index contributed by atoms with van der Waals surface area (Å²) < 4.78 is 0. The van der Waals surface area contributed by atoms with Gasteiger partial charge in [0.05, 0.1) is 11.1 Å². The number of aromatic nitrogens is 1. The maximum Gasteiger partial charge on any atom is 0.337 e. The van der Waals surface area contributed by atoms with E-state index in [1.54, 1.807) is 12.3 Å². The van der Waals surface area contributed by atoms with Crippen molar-refractivity contribution in [3.8, 4) is 0 Å². The largest absolute Gasteiger partial charge is 0.478 e. The zero-order chi connectivity index (χ0) is 12.5. The molecule has 1 aromatic heterocycles. The molecule has 0 atom stereocenters. The second kappa shape index (κ2) is 4.34. The molecule has 3 N–H and O–H groups in total. The van der Waals surface area contributed by atoms with Crippen LogP contribution in [0.1, 0.15) is 10.4 Å². The molecule has 0 bridgehead atoms. The molecule has 0 radical (unpaired) electrons. The third-order valence-electron chi connectivity index (χ3n) is 3.39. The Labute approximate surface area is 104 Å². The van der Waals surface area contributed by atoms with Crippen molar-refractivity contribution in [3.05, 3.63) is 30.0 Å². The van der Waals surface area contributed by atoms with Crippen LogP contribution in [0.25, 0.3) is 10.9 Å². The summed E-state index contributed by atoms with van der Waals surface area (Å²) in [5.41, 5.74) is 2.14. The molecule has 2 heterocycles. The van der Waals surface area contributed by atoms with Gasteiger partial charge in [-0.2, -0.15) is 0 Å². The minimum Gasteiger partial charge on any atom is -0.478 e. The van der Waals surface area contributed by atoms with Crippen LogP contribution in [-0.4, -0.2) is 42.2 Å². The van der Waals surface area contributed by atoms with E-state index in [-0.39, 0.29) is 0 Å². The van der Waals surface area contributed by atoms with Gasteiger partial charge in [0, 0.05) is 43.4 Å². The van der Waals surface area contributed by atoms with Crippen LogP contribution in [0.3, 0.4) is 0 Å². The number of carboxylic acid groups (broad SMARTS) is 1. The fraction of sp³-hybridized carbons (Fsp3) is 0.308. The highest BCUT2D eigenvalue weighted by Gasteiger charge is 2.17. The second-order valence-electron chi connectivity index (χ2n) is 4.44. The Morgan fingerprint density at radius 3 is 2.72 bits per heavy atom. The Balaban J connectivity index is 2.10. The number of carbonyl (C=O) groups is 1. The number of hydrogen-bond acceptors (Lipinski definition) is 3. The van der Waals surface area contributed by atoms with Gasteiger partial charge in [-0.05, 0) is 18.2 Å². The van der Waals surface area contributed by atoms with E-state index in [2.05, 4.69) is 15.2 Å². The van der Waals surface area contributed by atoms with Crippen LogP contribution < -0.4 is 10.2 Å². The van der Waals surface area contributed by atoms with Crippen molar-refractivity contribution < 1.29 is 9.90 Å². The highest BCUT2D eigenvalue weighted by molar-refractivity contribution is 6.06. The van der Waals surface area contributed by atoms with Crippen molar-refractivity contribution in [1.82, 2.24) is 10.3 Å². The normalized spacial score (nSPS) is 16.1. The van der Waals surface area contributed by atoms with Gasteiger partial charge < -0.3 is 20.3 Å². The number of hydrogen-bond donors (Lipinski definition) is 3. The third kappa shape index (κ3) is 1.73. The number of nitrogens with one attached hydrogen (secondary N) is 2. The molecule has 2 aromatic rings. The number of benzene rings is 1. The SMILES string of the molecule is O=C(O)c1ccc(N2CCNCC2)c2cc[nH]c12.